The van der Waals surface area contributed by atoms with Crippen LogP contribution in [0, 0.1) is 0 Å². The summed E-state index contributed by atoms with van der Waals surface area (Å²) in [4.78, 5) is 2.48. The molecule has 0 fully saturated rings. The van der Waals surface area contributed by atoms with E-state index in [1.165, 1.54) is 18.4 Å². The molecule has 1 aromatic carbocycles. The molecule has 0 aliphatic rings. The molecular weight excluding hydrogens is 236 g/mol. The number of aliphatic hydroxyl groups excluding tert-OH is 1. The second-order valence-corrected chi connectivity index (χ2v) is 5.45. The van der Waals surface area contributed by atoms with E-state index < -0.39 is 0 Å². The van der Waals surface area contributed by atoms with E-state index >= 15 is 0 Å². The quantitative estimate of drug-likeness (QED) is 0.532. The van der Waals surface area contributed by atoms with Crippen molar-refractivity contribution in [2.75, 3.05) is 18.9 Å². The van der Waals surface area contributed by atoms with Gasteiger partial charge in [-0.15, -0.1) is 0 Å². The summed E-state index contributed by atoms with van der Waals surface area (Å²) in [6.45, 7) is 6.86. The SMILES string of the molecule is CC(C)N(CCCCCCO)Cc1cccc(N)c1. The van der Waals surface area contributed by atoms with Gasteiger partial charge < -0.3 is 10.8 Å². The maximum Gasteiger partial charge on any atom is 0.0431 e. The van der Waals surface area contributed by atoms with Crippen LogP contribution in [-0.4, -0.2) is 29.2 Å². The number of unbranched alkanes of at least 4 members (excludes halogenated alkanes) is 3. The first kappa shape index (κ1) is 16.0. The lowest BCUT2D eigenvalue weighted by atomic mass is 10.1. The Morgan fingerprint density at radius 2 is 1.89 bits per heavy atom. The van der Waals surface area contributed by atoms with Gasteiger partial charge in [-0.2, -0.15) is 0 Å². The first-order chi connectivity index (χ1) is 9.13. The third kappa shape index (κ3) is 6.60. The van der Waals surface area contributed by atoms with Crippen LogP contribution in [0.25, 0.3) is 0 Å². The van der Waals surface area contributed by atoms with Crippen LogP contribution in [0.15, 0.2) is 24.3 Å². The molecule has 0 saturated heterocycles. The number of nitrogens with zero attached hydrogens (tertiary/aromatic N) is 1. The zero-order chi connectivity index (χ0) is 14.1. The molecular formula is C16H28N2O. The Bertz CT molecular complexity index is 352. The van der Waals surface area contributed by atoms with Gasteiger partial charge in [0.1, 0.15) is 0 Å². The molecule has 0 bridgehead atoms. The van der Waals surface area contributed by atoms with Gasteiger partial charge in [0.05, 0.1) is 0 Å². The number of nitrogen functional groups attached to an aromatic ring is 1. The van der Waals surface area contributed by atoms with Crippen molar-refractivity contribution in [3.05, 3.63) is 29.8 Å². The standard InChI is InChI=1S/C16H28N2O/c1-14(2)18(10-5-3-4-6-11-19)13-15-8-7-9-16(17)12-15/h7-9,12,14,19H,3-6,10-11,13,17H2,1-2H3. The van der Waals surface area contributed by atoms with E-state index in [0.29, 0.717) is 12.6 Å². The molecule has 0 saturated carbocycles. The minimum Gasteiger partial charge on any atom is -0.399 e. The zero-order valence-electron chi connectivity index (χ0n) is 12.3. The summed E-state index contributed by atoms with van der Waals surface area (Å²) in [6, 6.07) is 8.68. The van der Waals surface area contributed by atoms with E-state index in [-0.39, 0.29) is 0 Å². The Kier molecular flexibility index (Phi) is 7.53. The summed E-state index contributed by atoms with van der Waals surface area (Å²) >= 11 is 0. The van der Waals surface area contributed by atoms with E-state index in [4.69, 9.17) is 10.8 Å². The average molecular weight is 264 g/mol. The van der Waals surface area contributed by atoms with Crippen molar-refractivity contribution >= 4 is 5.69 Å². The fourth-order valence-corrected chi connectivity index (χ4v) is 2.23. The third-order valence-electron chi connectivity index (χ3n) is 3.42. The highest BCUT2D eigenvalue weighted by molar-refractivity contribution is 5.40. The second-order valence-electron chi connectivity index (χ2n) is 5.45. The molecule has 0 spiro atoms. The largest absolute Gasteiger partial charge is 0.399 e. The molecule has 0 heterocycles. The topological polar surface area (TPSA) is 49.5 Å². The van der Waals surface area contributed by atoms with Gasteiger partial charge in [0.25, 0.3) is 0 Å². The lowest BCUT2D eigenvalue weighted by molar-refractivity contribution is 0.206. The highest BCUT2D eigenvalue weighted by Crippen LogP contribution is 2.13. The van der Waals surface area contributed by atoms with Gasteiger partial charge in [-0.05, 0) is 50.9 Å². The van der Waals surface area contributed by atoms with Crippen molar-refractivity contribution in [2.24, 2.45) is 0 Å². The van der Waals surface area contributed by atoms with Crippen LogP contribution in [0.1, 0.15) is 45.1 Å². The molecule has 108 valence electrons. The average Bonchev–Trinajstić information content (AvgIpc) is 2.37. The molecule has 0 aliphatic carbocycles. The maximum absolute atomic E-state index is 8.76. The lowest BCUT2D eigenvalue weighted by Gasteiger charge is -2.26. The number of benzene rings is 1. The predicted octanol–water partition coefficient (Wildman–Crippen LogP) is 3.03. The molecule has 3 heteroatoms. The highest BCUT2D eigenvalue weighted by Gasteiger charge is 2.09. The summed E-state index contributed by atoms with van der Waals surface area (Å²) in [5.41, 5.74) is 7.94. The molecule has 0 amide bonds. The normalized spacial score (nSPS) is 11.4. The summed E-state index contributed by atoms with van der Waals surface area (Å²) in [5, 5.41) is 8.76. The van der Waals surface area contributed by atoms with Crippen molar-refractivity contribution in [1.82, 2.24) is 4.90 Å². The van der Waals surface area contributed by atoms with E-state index in [1.54, 1.807) is 0 Å². The number of anilines is 1. The fraction of sp³-hybridized carbons (Fsp3) is 0.625. The number of rotatable bonds is 9. The molecule has 19 heavy (non-hydrogen) atoms. The van der Waals surface area contributed by atoms with Gasteiger partial charge in [-0.3, -0.25) is 4.90 Å². The molecule has 1 aromatic rings. The number of hydrogen-bond donors (Lipinski definition) is 2. The van der Waals surface area contributed by atoms with Crippen LogP contribution in [0.4, 0.5) is 5.69 Å². The Morgan fingerprint density at radius 1 is 1.16 bits per heavy atom. The Hall–Kier alpha value is -1.06. The van der Waals surface area contributed by atoms with Gasteiger partial charge >= 0.3 is 0 Å². The van der Waals surface area contributed by atoms with E-state index in [1.807, 2.05) is 12.1 Å². The van der Waals surface area contributed by atoms with Gasteiger partial charge in [0.2, 0.25) is 0 Å². The Balaban J connectivity index is 2.40. The summed E-state index contributed by atoms with van der Waals surface area (Å²) in [5.74, 6) is 0. The number of aliphatic hydroxyl groups is 1. The molecule has 0 atom stereocenters. The van der Waals surface area contributed by atoms with Crippen molar-refractivity contribution in [3.63, 3.8) is 0 Å². The van der Waals surface area contributed by atoms with Crippen molar-refractivity contribution < 1.29 is 5.11 Å². The Labute approximate surface area is 117 Å². The van der Waals surface area contributed by atoms with Crippen molar-refractivity contribution in [1.29, 1.82) is 0 Å². The van der Waals surface area contributed by atoms with Crippen LogP contribution in [-0.2, 0) is 6.54 Å². The number of hydrogen-bond acceptors (Lipinski definition) is 3. The molecule has 3 nitrogen and oxygen atoms in total. The molecule has 0 radical (unpaired) electrons. The minimum atomic E-state index is 0.317. The summed E-state index contributed by atoms with van der Waals surface area (Å²) in [6.07, 6.45) is 4.44. The molecule has 0 unspecified atom stereocenters. The number of nitrogens with two attached hydrogens (primary N) is 1. The summed E-state index contributed by atoms with van der Waals surface area (Å²) < 4.78 is 0. The second kappa shape index (κ2) is 8.94. The third-order valence-corrected chi connectivity index (χ3v) is 3.42. The van der Waals surface area contributed by atoms with Gasteiger partial charge in [-0.1, -0.05) is 25.0 Å². The first-order valence-electron chi connectivity index (χ1n) is 7.33. The van der Waals surface area contributed by atoms with Crippen molar-refractivity contribution in [3.8, 4) is 0 Å². The Morgan fingerprint density at radius 3 is 2.53 bits per heavy atom. The lowest BCUT2D eigenvalue weighted by Crippen LogP contribution is -2.31. The highest BCUT2D eigenvalue weighted by atomic mass is 16.2. The van der Waals surface area contributed by atoms with Gasteiger partial charge in [0, 0.05) is 24.9 Å². The molecule has 3 N–H and O–H groups in total. The summed E-state index contributed by atoms with van der Waals surface area (Å²) in [7, 11) is 0. The molecule has 0 aromatic heterocycles. The van der Waals surface area contributed by atoms with Crippen molar-refractivity contribution in [2.45, 2.75) is 52.1 Å². The van der Waals surface area contributed by atoms with Crippen LogP contribution in [0.5, 0.6) is 0 Å². The first-order valence-corrected chi connectivity index (χ1v) is 7.33. The van der Waals surface area contributed by atoms with E-state index in [2.05, 4.69) is 30.9 Å². The van der Waals surface area contributed by atoms with Crippen LogP contribution in [0.3, 0.4) is 0 Å². The molecule has 0 aliphatic heterocycles. The molecule has 1 rings (SSSR count). The van der Waals surface area contributed by atoms with E-state index in [9.17, 15) is 0 Å². The smallest absolute Gasteiger partial charge is 0.0431 e. The monoisotopic (exact) mass is 264 g/mol. The predicted molar refractivity (Wildman–Crippen MR) is 82.0 cm³/mol. The maximum atomic E-state index is 8.76. The zero-order valence-corrected chi connectivity index (χ0v) is 12.3. The van der Waals surface area contributed by atoms with Gasteiger partial charge in [-0.25, -0.2) is 0 Å². The van der Waals surface area contributed by atoms with Crippen LogP contribution < -0.4 is 5.73 Å². The minimum absolute atomic E-state index is 0.317. The van der Waals surface area contributed by atoms with Crippen LogP contribution >= 0.6 is 0 Å². The van der Waals surface area contributed by atoms with Crippen LogP contribution in [0.2, 0.25) is 0 Å². The fourth-order valence-electron chi connectivity index (χ4n) is 2.23. The van der Waals surface area contributed by atoms with E-state index in [0.717, 1.165) is 31.6 Å². The van der Waals surface area contributed by atoms with Gasteiger partial charge in [0.15, 0.2) is 0 Å².